The van der Waals surface area contributed by atoms with Crippen molar-refractivity contribution < 1.29 is 14.6 Å². The first-order valence-corrected chi connectivity index (χ1v) is 9.61. The Kier molecular flexibility index (Phi) is 3.89. The zero-order valence-electron chi connectivity index (χ0n) is 16.0. The molecule has 7 nitrogen and oxygen atoms in total. The first kappa shape index (κ1) is 17.8. The molecule has 4 N–H and O–H groups in total. The van der Waals surface area contributed by atoms with E-state index in [-0.39, 0.29) is 11.6 Å². The highest BCUT2D eigenvalue weighted by Crippen LogP contribution is 2.43. The first-order valence-electron chi connectivity index (χ1n) is 9.61. The Labute approximate surface area is 166 Å². The average Bonchev–Trinajstić information content (AvgIpc) is 3.43. The summed E-state index contributed by atoms with van der Waals surface area (Å²) in [5.41, 5.74) is 11.0. The molecule has 1 fully saturated rings. The van der Waals surface area contributed by atoms with Crippen LogP contribution in [0, 0.1) is 0 Å². The number of rotatable bonds is 4. The lowest BCUT2D eigenvalue weighted by Gasteiger charge is -2.18. The molecule has 0 spiro atoms. The summed E-state index contributed by atoms with van der Waals surface area (Å²) in [7, 11) is 1.57. The Balaban J connectivity index is 1.82. The maximum absolute atomic E-state index is 12.8. The van der Waals surface area contributed by atoms with Crippen LogP contribution >= 0.6 is 0 Å². The zero-order valence-corrected chi connectivity index (χ0v) is 16.0. The number of ether oxygens (including phenoxy) is 1. The smallest absolute Gasteiger partial charge is 0.341 e. The maximum atomic E-state index is 12.8. The molecule has 0 amide bonds. The van der Waals surface area contributed by atoms with E-state index in [9.17, 15) is 14.7 Å². The third kappa shape index (κ3) is 2.69. The van der Waals surface area contributed by atoms with E-state index in [0.717, 1.165) is 53.9 Å². The molecule has 0 saturated heterocycles. The lowest BCUT2D eigenvalue weighted by Crippen LogP contribution is -2.19. The number of nitrogens with two attached hydrogens (primary N) is 1. The second-order valence-electron chi connectivity index (χ2n) is 7.66. The van der Waals surface area contributed by atoms with Gasteiger partial charge < -0.3 is 25.5 Å². The summed E-state index contributed by atoms with van der Waals surface area (Å²) in [5.74, 6) is -0.651. The van der Waals surface area contributed by atoms with E-state index < -0.39 is 11.4 Å². The van der Waals surface area contributed by atoms with Crippen LogP contribution in [-0.2, 0) is 13.1 Å². The highest BCUT2D eigenvalue weighted by molar-refractivity contribution is 5.98. The molecule has 0 bridgehead atoms. The summed E-state index contributed by atoms with van der Waals surface area (Å²) >= 11 is 0. The minimum Gasteiger partial charge on any atom is -0.494 e. The number of aromatic nitrogens is 1. The van der Waals surface area contributed by atoms with Gasteiger partial charge in [-0.15, -0.1) is 0 Å². The standard InChI is InChI=1S/C22H21N3O4/c1-29-21-14(11-6-12-8-24-9-16(12)18(23)7-11)4-5-15-19(21)25(13-2-3-13)10-17(20(15)26)22(27)28/h4-7,10,13,24H,2-3,8-9,23H2,1H3,(H,27,28). The molecule has 1 aliphatic heterocycles. The van der Waals surface area contributed by atoms with E-state index in [4.69, 9.17) is 10.5 Å². The predicted molar refractivity (Wildman–Crippen MR) is 110 cm³/mol. The Bertz CT molecular complexity index is 1240. The molecular weight excluding hydrogens is 370 g/mol. The van der Waals surface area contributed by atoms with Crippen LogP contribution in [0.4, 0.5) is 5.69 Å². The summed E-state index contributed by atoms with van der Waals surface area (Å²) in [5, 5.41) is 13.1. The van der Waals surface area contributed by atoms with Crippen molar-refractivity contribution in [3.8, 4) is 16.9 Å². The van der Waals surface area contributed by atoms with Crippen LogP contribution in [0.25, 0.3) is 22.0 Å². The van der Waals surface area contributed by atoms with Crippen LogP contribution in [-0.4, -0.2) is 22.8 Å². The molecule has 0 radical (unpaired) electrons. The summed E-state index contributed by atoms with van der Waals surface area (Å²) < 4.78 is 7.67. The van der Waals surface area contributed by atoms with Crippen molar-refractivity contribution in [1.82, 2.24) is 9.88 Å². The molecule has 1 saturated carbocycles. The number of benzene rings is 2. The van der Waals surface area contributed by atoms with Gasteiger partial charge in [-0.1, -0.05) is 0 Å². The van der Waals surface area contributed by atoms with Crippen molar-refractivity contribution in [3.63, 3.8) is 0 Å². The van der Waals surface area contributed by atoms with Gasteiger partial charge in [0.2, 0.25) is 5.43 Å². The van der Waals surface area contributed by atoms with Gasteiger partial charge in [-0.05, 0) is 53.8 Å². The number of aromatic carboxylic acids is 1. The number of carboxylic acids is 1. The van der Waals surface area contributed by atoms with Crippen LogP contribution in [0.1, 0.15) is 40.4 Å². The lowest BCUT2D eigenvalue weighted by atomic mass is 9.96. The predicted octanol–water partition coefficient (Wildman–Crippen LogP) is 2.90. The number of carboxylic acid groups (broad SMARTS) is 1. The molecule has 3 aromatic rings. The number of nitrogens with zero attached hydrogens (tertiary/aromatic N) is 1. The van der Waals surface area contributed by atoms with Gasteiger partial charge in [0.25, 0.3) is 0 Å². The normalized spacial score (nSPS) is 15.5. The van der Waals surface area contributed by atoms with Gasteiger partial charge in [0, 0.05) is 36.6 Å². The Hall–Kier alpha value is -3.32. The molecule has 2 aromatic carbocycles. The summed E-state index contributed by atoms with van der Waals surface area (Å²) in [6.07, 6.45) is 3.35. The number of nitrogen functional groups attached to an aromatic ring is 1. The highest BCUT2D eigenvalue weighted by Gasteiger charge is 2.29. The Morgan fingerprint density at radius 2 is 2.07 bits per heavy atom. The molecule has 1 aromatic heterocycles. The van der Waals surface area contributed by atoms with Gasteiger partial charge in [-0.2, -0.15) is 0 Å². The van der Waals surface area contributed by atoms with Crippen molar-refractivity contribution in [2.75, 3.05) is 12.8 Å². The molecule has 2 aliphatic rings. The fourth-order valence-electron chi connectivity index (χ4n) is 4.25. The van der Waals surface area contributed by atoms with Crippen LogP contribution < -0.4 is 21.2 Å². The number of hydrogen-bond donors (Lipinski definition) is 3. The minimum absolute atomic E-state index is 0.176. The molecule has 7 heteroatoms. The monoisotopic (exact) mass is 391 g/mol. The lowest BCUT2D eigenvalue weighted by molar-refractivity contribution is 0.0695. The Morgan fingerprint density at radius 3 is 2.76 bits per heavy atom. The minimum atomic E-state index is -1.21. The topological polar surface area (TPSA) is 107 Å². The van der Waals surface area contributed by atoms with Crippen LogP contribution in [0.15, 0.2) is 35.3 Å². The molecule has 1 aliphatic carbocycles. The number of pyridine rings is 1. The molecule has 5 rings (SSSR count). The first-order chi connectivity index (χ1) is 14.0. The van der Waals surface area contributed by atoms with Gasteiger partial charge in [-0.3, -0.25) is 4.79 Å². The summed E-state index contributed by atoms with van der Waals surface area (Å²) in [6, 6.07) is 7.72. The van der Waals surface area contributed by atoms with Gasteiger partial charge in [0.1, 0.15) is 5.56 Å². The number of hydrogen-bond acceptors (Lipinski definition) is 5. The van der Waals surface area contributed by atoms with Crippen LogP contribution in [0.5, 0.6) is 5.75 Å². The fourth-order valence-corrected chi connectivity index (χ4v) is 4.25. The van der Waals surface area contributed by atoms with Crippen LogP contribution in [0.2, 0.25) is 0 Å². The van der Waals surface area contributed by atoms with Crippen molar-refractivity contribution in [3.05, 3.63) is 57.4 Å². The van der Waals surface area contributed by atoms with E-state index in [1.165, 1.54) is 6.20 Å². The number of anilines is 1. The SMILES string of the molecule is COc1c(-c2cc(N)c3c(c2)CNC3)ccc2c(=O)c(C(=O)O)cn(C3CC3)c12. The number of methoxy groups -OCH3 is 1. The van der Waals surface area contributed by atoms with Crippen molar-refractivity contribution in [2.24, 2.45) is 0 Å². The highest BCUT2D eigenvalue weighted by atomic mass is 16.5. The van der Waals surface area contributed by atoms with E-state index in [2.05, 4.69) is 11.4 Å². The second kappa shape index (κ2) is 6.35. The van der Waals surface area contributed by atoms with Gasteiger partial charge in [0.15, 0.2) is 5.75 Å². The number of fused-ring (bicyclic) bond motifs is 2. The van der Waals surface area contributed by atoms with Gasteiger partial charge >= 0.3 is 5.97 Å². The van der Waals surface area contributed by atoms with Crippen molar-refractivity contribution in [2.45, 2.75) is 32.0 Å². The largest absolute Gasteiger partial charge is 0.494 e. The van der Waals surface area contributed by atoms with E-state index >= 15 is 0 Å². The fraction of sp³-hybridized carbons (Fsp3) is 0.273. The number of nitrogens with one attached hydrogen (secondary N) is 1. The molecule has 0 atom stereocenters. The molecular formula is C22H21N3O4. The molecule has 29 heavy (non-hydrogen) atoms. The third-order valence-corrected chi connectivity index (χ3v) is 5.83. The van der Waals surface area contributed by atoms with Gasteiger partial charge in [-0.25, -0.2) is 4.79 Å². The van der Waals surface area contributed by atoms with E-state index in [0.29, 0.717) is 16.7 Å². The second-order valence-corrected chi connectivity index (χ2v) is 7.66. The van der Waals surface area contributed by atoms with Crippen molar-refractivity contribution >= 4 is 22.6 Å². The molecule has 2 heterocycles. The zero-order chi connectivity index (χ0) is 20.3. The van der Waals surface area contributed by atoms with Gasteiger partial charge in [0.05, 0.1) is 18.0 Å². The summed E-state index contributed by atoms with van der Waals surface area (Å²) in [6.45, 7) is 1.52. The number of carbonyl (C=O) groups is 1. The molecule has 0 unspecified atom stereocenters. The average molecular weight is 391 g/mol. The third-order valence-electron chi connectivity index (χ3n) is 5.83. The quantitative estimate of drug-likeness (QED) is 0.591. The van der Waals surface area contributed by atoms with Crippen LogP contribution in [0.3, 0.4) is 0 Å². The van der Waals surface area contributed by atoms with E-state index in [1.807, 2.05) is 16.7 Å². The molecule has 148 valence electrons. The maximum Gasteiger partial charge on any atom is 0.341 e. The Morgan fingerprint density at radius 1 is 1.28 bits per heavy atom. The summed E-state index contributed by atoms with van der Waals surface area (Å²) in [4.78, 5) is 24.4. The van der Waals surface area contributed by atoms with E-state index in [1.54, 1.807) is 13.2 Å². The van der Waals surface area contributed by atoms with Crippen molar-refractivity contribution in [1.29, 1.82) is 0 Å².